The Kier molecular flexibility index (Phi) is 1.73. The van der Waals surface area contributed by atoms with Crippen LogP contribution in [-0.4, -0.2) is 0 Å². The van der Waals surface area contributed by atoms with Crippen LogP contribution >= 0.6 is 0 Å². The fourth-order valence-corrected chi connectivity index (χ4v) is 0.707. The predicted octanol–water partition coefficient (Wildman–Crippen LogP) is 2.62. The van der Waals surface area contributed by atoms with Crippen LogP contribution in [0.2, 0.25) is 0 Å². The molecule has 0 fully saturated rings. The van der Waals surface area contributed by atoms with Crippen molar-refractivity contribution in [3.63, 3.8) is 0 Å². The first-order valence-electron chi connectivity index (χ1n) is 3.02. The maximum atomic E-state index is 5.24. The maximum absolute atomic E-state index is 5.24. The van der Waals surface area contributed by atoms with Crippen LogP contribution in [0.3, 0.4) is 0 Å². The van der Waals surface area contributed by atoms with E-state index in [0.717, 1.165) is 11.5 Å². The topological polar surface area (TPSA) is 13.1 Å². The third kappa shape index (κ3) is 1.46. The first-order valence-corrected chi connectivity index (χ1v) is 3.02. The summed E-state index contributed by atoms with van der Waals surface area (Å²) in [5.41, 5.74) is 0. The van der Waals surface area contributed by atoms with E-state index in [1.54, 1.807) is 0 Å². The van der Waals surface area contributed by atoms with Crippen LogP contribution in [0, 0.1) is 6.92 Å². The minimum absolute atomic E-state index is 0.926. The summed E-state index contributed by atoms with van der Waals surface area (Å²) >= 11 is 0. The highest BCUT2D eigenvalue weighted by molar-refractivity contribution is 5.41. The SMILES string of the molecule is C/C=C\c1ccc(C)o1. The van der Waals surface area contributed by atoms with Crippen molar-refractivity contribution in [2.24, 2.45) is 0 Å². The van der Waals surface area contributed by atoms with E-state index in [1.165, 1.54) is 0 Å². The normalized spacial score (nSPS) is 10.9. The molecule has 1 heterocycles. The Balaban J connectivity index is 2.85. The van der Waals surface area contributed by atoms with Gasteiger partial charge >= 0.3 is 0 Å². The Bertz CT molecular complexity index is 208. The van der Waals surface area contributed by atoms with Gasteiger partial charge in [0.2, 0.25) is 0 Å². The summed E-state index contributed by atoms with van der Waals surface area (Å²) in [6.45, 7) is 3.91. The average Bonchev–Trinajstić information content (AvgIpc) is 2.17. The molecule has 0 amide bonds. The third-order valence-corrected chi connectivity index (χ3v) is 1.09. The Morgan fingerprint density at radius 2 is 2.22 bits per heavy atom. The summed E-state index contributed by atoms with van der Waals surface area (Å²) in [5, 5.41) is 0. The lowest BCUT2D eigenvalue weighted by atomic mass is 10.4. The zero-order valence-corrected chi connectivity index (χ0v) is 5.72. The number of furan rings is 1. The number of aryl methyl sites for hydroxylation is 1. The molecule has 1 heteroatoms. The Labute approximate surface area is 55.0 Å². The summed E-state index contributed by atoms with van der Waals surface area (Å²) in [4.78, 5) is 0. The highest BCUT2D eigenvalue weighted by atomic mass is 16.3. The van der Waals surface area contributed by atoms with Gasteiger partial charge in [-0.05, 0) is 32.1 Å². The number of hydrogen-bond acceptors (Lipinski definition) is 1. The molecule has 0 saturated heterocycles. The van der Waals surface area contributed by atoms with Crippen LogP contribution in [0.15, 0.2) is 22.6 Å². The molecule has 0 atom stereocenters. The Hall–Kier alpha value is -0.980. The molecule has 0 bridgehead atoms. The lowest BCUT2D eigenvalue weighted by Crippen LogP contribution is -1.57. The van der Waals surface area contributed by atoms with Gasteiger partial charge in [-0.2, -0.15) is 0 Å². The first kappa shape index (κ1) is 6.14. The fraction of sp³-hybridized carbons (Fsp3) is 0.250. The molecule has 48 valence electrons. The molecule has 0 spiro atoms. The smallest absolute Gasteiger partial charge is 0.126 e. The van der Waals surface area contributed by atoms with Crippen molar-refractivity contribution in [2.75, 3.05) is 0 Å². The van der Waals surface area contributed by atoms with Gasteiger partial charge in [0, 0.05) is 0 Å². The Morgan fingerprint density at radius 1 is 1.44 bits per heavy atom. The van der Waals surface area contributed by atoms with E-state index >= 15 is 0 Å². The van der Waals surface area contributed by atoms with Crippen LogP contribution < -0.4 is 0 Å². The lowest BCUT2D eigenvalue weighted by Gasteiger charge is -1.80. The van der Waals surface area contributed by atoms with Gasteiger partial charge < -0.3 is 4.42 Å². The van der Waals surface area contributed by atoms with E-state index in [-0.39, 0.29) is 0 Å². The minimum Gasteiger partial charge on any atom is -0.462 e. The standard InChI is InChI=1S/C8H10O/c1-3-4-8-6-5-7(2)9-8/h3-6H,1-2H3/b4-3-. The molecule has 0 aliphatic rings. The van der Waals surface area contributed by atoms with E-state index in [4.69, 9.17) is 4.42 Å². The maximum Gasteiger partial charge on any atom is 0.126 e. The predicted molar refractivity (Wildman–Crippen MR) is 38.2 cm³/mol. The molecule has 0 aromatic carbocycles. The van der Waals surface area contributed by atoms with Gasteiger partial charge in [0.05, 0.1) is 0 Å². The second kappa shape index (κ2) is 2.53. The highest BCUT2D eigenvalue weighted by Crippen LogP contribution is 2.06. The van der Waals surface area contributed by atoms with Gasteiger partial charge in [-0.1, -0.05) is 6.08 Å². The first-order chi connectivity index (χ1) is 4.33. The summed E-state index contributed by atoms with van der Waals surface area (Å²) < 4.78 is 5.24. The summed E-state index contributed by atoms with van der Waals surface area (Å²) in [6.07, 6.45) is 3.89. The van der Waals surface area contributed by atoms with E-state index in [9.17, 15) is 0 Å². The molecular weight excluding hydrogens is 112 g/mol. The second-order valence-electron chi connectivity index (χ2n) is 1.95. The van der Waals surface area contributed by atoms with Gasteiger partial charge in [-0.25, -0.2) is 0 Å². The van der Waals surface area contributed by atoms with Gasteiger partial charge in [0.1, 0.15) is 11.5 Å². The minimum atomic E-state index is 0.926. The van der Waals surface area contributed by atoms with Crippen molar-refractivity contribution in [1.82, 2.24) is 0 Å². The van der Waals surface area contributed by atoms with Gasteiger partial charge in [-0.15, -0.1) is 0 Å². The lowest BCUT2D eigenvalue weighted by molar-refractivity contribution is 0.525. The van der Waals surface area contributed by atoms with E-state index < -0.39 is 0 Å². The van der Waals surface area contributed by atoms with Crippen LogP contribution in [-0.2, 0) is 0 Å². The molecule has 1 rings (SSSR count). The fourth-order valence-electron chi connectivity index (χ4n) is 0.707. The zero-order chi connectivity index (χ0) is 6.69. The highest BCUT2D eigenvalue weighted by Gasteiger charge is 1.89. The van der Waals surface area contributed by atoms with Crippen molar-refractivity contribution >= 4 is 6.08 Å². The van der Waals surface area contributed by atoms with Crippen molar-refractivity contribution in [3.8, 4) is 0 Å². The van der Waals surface area contributed by atoms with Gasteiger partial charge in [0.25, 0.3) is 0 Å². The monoisotopic (exact) mass is 122 g/mol. The van der Waals surface area contributed by atoms with Crippen molar-refractivity contribution in [1.29, 1.82) is 0 Å². The van der Waals surface area contributed by atoms with E-state index in [0.29, 0.717) is 0 Å². The molecule has 0 unspecified atom stereocenters. The summed E-state index contributed by atoms with van der Waals surface area (Å²) in [5.74, 6) is 1.89. The van der Waals surface area contributed by atoms with Crippen molar-refractivity contribution in [3.05, 3.63) is 29.7 Å². The Morgan fingerprint density at radius 3 is 2.67 bits per heavy atom. The van der Waals surface area contributed by atoms with E-state index in [1.807, 2.05) is 38.1 Å². The van der Waals surface area contributed by atoms with Crippen molar-refractivity contribution in [2.45, 2.75) is 13.8 Å². The molecule has 0 N–H and O–H groups in total. The number of allylic oxidation sites excluding steroid dienone is 1. The molecular formula is C8H10O. The second-order valence-corrected chi connectivity index (χ2v) is 1.95. The molecule has 1 nitrogen and oxygen atoms in total. The van der Waals surface area contributed by atoms with E-state index in [2.05, 4.69) is 0 Å². The molecule has 1 aromatic rings. The van der Waals surface area contributed by atoms with Crippen LogP contribution in [0.25, 0.3) is 6.08 Å². The third-order valence-electron chi connectivity index (χ3n) is 1.09. The van der Waals surface area contributed by atoms with Crippen LogP contribution in [0.4, 0.5) is 0 Å². The largest absolute Gasteiger partial charge is 0.462 e. The van der Waals surface area contributed by atoms with Gasteiger partial charge in [-0.3, -0.25) is 0 Å². The van der Waals surface area contributed by atoms with Crippen LogP contribution in [0.5, 0.6) is 0 Å². The van der Waals surface area contributed by atoms with Crippen molar-refractivity contribution < 1.29 is 4.42 Å². The molecule has 0 radical (unpaired) electrons. The average molecular weight is 122 g/mol. The quantitative estimate of drug-likeness (QED) is 0.558. The zero-order valence-electron chi connectivity index (χ0n) is 5.72. The van der Waals surface area contributed by atoms with Gasteiger partial charge in [0.15, 0.2) is 0 Å². The molecule has 1 aromatic heterocycles. The number of rotatable bonds is 1. The number of hydrogen-bond donors (Lipinski definition) is 0. The molecule has 9 heavy (non-hydrogen) atoms. The summed E-state index contributed by atoms with van der Waals surface area (Å²) in [6, 6.07) is 3.91. The van der Waals surface area contributed by atoms with Crippen LogP contribution in [0.1, 0.15) is 18.4 Å². The molecule has 0 saturated carbocycles. The summed E-state index contributed by atoms with van der Waals surface area (Å²) in [7, 11) is 0. The molecule has 0 aliphatic carbocycles. The molecule has 0 aliphatic heterocycles.